The summed E-state index contributed by atoms with van der Waals surface area (Å²) in [6, 6.07) is 1.97. The van der Waals surface area contributed by atoms with Gasteiger partial charge in [-0.25, -0.2) is 0 Å². The van der Waals surface area contributed by atoms with Gasteiger partial charge >= 0.3 is 0 Å². The number of ether oxygens (including phenoxy) is 1. The van der Waals surface area contributed by atoms with Crippen molar-refractivity contribution in [2.45, 2.75) is 33.8 Å². The average molecular weight is 154 g/mol. The normalized spacial score (nSPS) is 10.6. The molecule has 1 aromatic rings. The maximum Gasteiger partial charge on any atom is 0.287 e. The average Bonchev–Trinajstić information content (AvgIpc) is 2.09. The van der Waals surface area contributed by atoms with E-state index in [1.54, 1.807) is 0 Å². The second kappa shape index (κ2) is 2.99. The van der Waals surface area contributed by atoms with E-state index in [-0.39, 0.29) is 6.10 Å². The maximum absolute atomic E-state index is 5.40. The molecule has 1 rings (SSSR count). The fourth-order valence-corrected chi connectivity index (χ4v) is 0.951. The van der Waals surface area contributed by atoms with E-state index in [4.69, 9.17) is 9.15 Å². The first kappa shape index (κ1) is 8.18. The second-order valence-corrected chi connectivity index (χ2v) is 2.99. The van der Waals surface area contributed by atoms with Crippen LogP contribution >= 0.6 is 0 Å². The lowest BCUT2D eigenvalue weighted by Crippen LogP contribution is -2.05. The van der Waals surface area contributed by atoms with Crippen LogP contribution in [0.25, 0.3) is 0 Å². The Balaban J connectivity index is 2.77. The van der Waals surface area contributed by atoms with Gasteiger partial charge in [0.25, 0.3) is 5.95 Å². The summed E-state index contributed by atoms with van der Waals surface area (Å²) in [6.07, 6.45) is 0.180. The van der Waals surface area contributed by atoms with Crippen LogP contribution in [0.5, 0.6) is 5.95 Å². The van der Waals surface area contributed by atoms with E-state index < -0.39 is 0 Å². The highest BCUT2D eigenvalue weighted by atomic mass is 16.6. The predicted molar refractivity (Wildman–Crippen MR) is 43.9 cm³/mol. The zero-order valence-electron chi connectivity index (χ0n) is 7.47. The number of aryl methyl sites for hydroxylation is 2. The first-order chi connectivity index (χ1) is 5.09. The molecule has 0 atom stereocenters. The van der Waals surface area contributed by atoms with Crippen LogP contribution in [0.1, 0.15) is 25.2 Å². The summed E-state index contributed by atoms with van der Waals surface area (Å²) in [5.41, 5.74) is 1.07. The molecule has 0 unspecified atom stereocenters. The summed E-state index contributed by atoms with van der Waals surface area (Å²) in [7, 11) is 0. The Hall–Kier alpha value is -0.920. The van der Waals surface area contributed by atoms with E-state index >= 15 is 0 Å². The van der Waals surface area contributed by atoms with Gasteiger partial charge in [0.2, 0.25) is 0 Å². The fourth-order valence-electron chi connectivity index (χ4n) is 0.951. The molecule has 0 saturated carbocycles. The molecule has 0 radical (unpaired) electrons. The molecule has 0 aliphatic heterocycles. The molecule has 2 nitrogen and oxygen atoms in total. The summed E-state index contributed by atoms with van der Waals surface area (Å²) < 4.78 is 10.7. The minimum absolute atomic E-state index is 0.180. The van der Waals surface area contributed by atoms with E-state index in [1.807, 2.05) is 33.8 Å². The van der Waals surface area contributed by atoms with Gasteiger partial charge in [0.15, 0.2) is 0 Å². The van der Waals surface area contributed by atoms with Gasteiger partial charge in [-0.2, -0.15) is 0 Å². The monoisotopic (exact) mass is 154 g/mol. The molecule has 0 amide bonds. The molecular weight excluding hydrogens is 140 g/mol. The van der Waals surface area contributed by atoms with Crippen LogP contribution < -0.4 is 4.74 Å². The van der Waals surface area contributed by atoms with Crippen LogP contribution in [-0.2, 0) is 0 Å². The van der Waals surface area contributed by atoms with Gasteiger partial charge in [-0.15, -0.1) is 0 Å². The number of rotatable bonds is 2. The van der Waals surface area contributed by atoms with E-state index in [9.17, 15) is 0 Å². The summed E-state index contributed by atoms with van der Waals surface area (Å²) in [6.45, 7) is 7.86. The summed E-state index contributed by atoms with van der Waals surface area (Å²) in [4.78, 5) is 0. The quantitative estimate of drug-likeness (QED) is 0.653. The molecule has 1 heterocycles. The molecule has 62 valence electrons. The molecule has 0 fully saturated rings. The molecule has 0 saturated heterocycles. The minimum Gasteiger partial charge on any atom is -0.462 e. The van der Waals surface area contributed by atoms with Crippen molar-refractivity contribution < 1.29 is 9.15 Å². The first-order valence-electron chi connectivity index (χ1n) is 3.83. The Kier molecular flexibility index (Phi) is 2.22. The largest absolute Gasteiger partial charge is 0.462 e. The highest BCUT2D eigenvalue weighted by Gasteiger charge is 2.06. The lowest BCUT2D eigenvalue weighted by Gasteiger charge is -2.05. The maximum atomic E-state index is 5.40. The molecule has 11 heavy (non-hydrogen) atoms. The molecule has 0 aliphatic carbocycles. The third kappa shape index (κ3) is 2.00. The van der Waals surface area contributed by atoms with Crippen molar-refractivity contribution in [2.24, 2.45) is 0 Å². The standard InChI is InChI=1S/C9H14O2/c1-6(2)10-9-7(3)5-8(4)11-9/h5-6H,1-4H3. The Labute approximate surface area is 67.2 Å². The highest BCUT2D eigenvalue weighted by Crippen LogP contribution is 2.22. The van der Waals surface area contributed by atoms with Crippen molar-refractivity contribution in [1.82, 2.24) is 0 Å². The molecule has 1 aromatic heterocycles. The van der Waals surface area contributed by atoms with Gasteiger partial charge in [-0.1, -0.05) is 0 Å². The van der Waals surface area contributed by atoms with Crippen molar-refractivity contribution in [3.05, 3.63) is 17.4 Å². The third-order valence-electron chi connectivity index (χ3n) is 1.34. The van der Waals surface area contributed by atoms with Crippen LogP contribution in [-0.4, -0.2) is 6.10 Å². The number of hydrogen-bond donors (Lipinski definition) is 0. The molecule has 0 aromatic carbocycles. The van der Waals surface area contributed by atoms with Crippen LogP contribution in [0.2, 0.25) is 0 Å². The van der Waals surface area contributed by atoms with Crippen molar-refractivity contribution in [3.8, 4) is 5.95 Å². The third-order valence-corrected chi connectivity index (χ3v) is 1.34. The van der Waals surface area contributed by atoms with E-state index in [0.29, 0.717) is 5.95 Å². The summed E-state index contributed by atoms with van der Waals surface area (Å²) in [5.74, 6) is 1.55. The minimum atomic E-state index is 0.180. The van der Waals surface area contributed by atoms with Crippen LogP contribution in [0.3, 0.4) is 0 Å². The second-order valence-electron chi connectivity index (χ2n) is 2.99. The SMILES string of the molecule is Cc1cc(C)c(OC(C)C)o1. The zero-order chi connectivity index (χ0) is 8.43. The van der Waals surface area contributed by atoms with Crippen LogP contribution in [0.15, 0.2) is 10.5 Å². The van der Waals surface area contributed by atoms with Gasteiger partial charge in [0.1, 0.15) is 5.76 Å². The Morgan fingerprint density at radius 3 is 2.36 bits per heavy atom. The van der Waals surface area contributed by atoms with Gasteiger partial charge < -0.3 is 9.15 Å². The van der Waals surface area contributed by atoms with Gasteiger partial charge in [0, 0.05) is 5.56 Å². The predicted octanol–water partition coefficient (Wildman–Crippen LogP) is 2.68. The van der Waals surface area contributed by atoms with Crippen molar-refractivity contribution >= 4 is 0 Å². The molecular formula is C9H14O2. The number of hydrogen-bond acceptors (Lipinski definition) is 2. The first-order valence-corrected chi connectivity index (χ1v) is 3.83. The van der Waals surface area contributed by atoms with E-state index in [2.05, 4.69) is 0 Å². The molecule has 0 aliphatic rings. The van der Waals surface area contributed by atoms with E-state index in [1.165, 1.54) is 0 Å². The number of furan rings is 1. The van der Waals surface area contributed by atoms with Crippen molar-refractivity contribution in [1.29, 1.82) is 0 Å². The molecule has 0 N–H and O–H groups in total. The van der Waals surface area contributed by atoms with Gasteiger partial charge in [-0.3, -0.25) is 0 Å². The Morgan fingerprint density at radius 2 is 2.00 bits per heavy atom. The Bertz CT molecular complexity index is 236. The van der Waals surface area contributed by atoms with Crippen LogP contribution in [0, 0.1) is 13.8 Å². The zero-order valence-corrected chi connectivity index (χ0v) is 7.47. The molecule has 0 bridgehead atoms. The highest BCUT2D eigenvalue weighted by molar-refractivity contribution is 5.24. The lowest BCUT2D eigenvalue weighted by atomic mass is 10.3. The van der Waals surface area contributed by atoms with E-state index in [0.717, 1.165) is 11.3 Å². The van der Waals surface area contributed by atoms with Gasteiger partial charge in [-0.05, 0) is 33.8 Å². The smallest absolute Gasteiger partial charge is 0.287 e. The summed E-state index contributed by atoms with van der Waals surface area (Å²) >= 11 is 0. The van der Waals surface area contributed by atoms with Crippen LogP contribution in [0.4, 0.5) is 0 Å². The lowest BCUT2D eigenvalue weighted by molar-refractivity contribution is 0.182. The van der Waals surface area contributed by atoms with Gasteiger partial charge in [0.05, 0.1) is 6.10 Å². The molecule has 2 heteroatoms. The molecule has 0 spiro atoms. The summed E-state index contributed by atoms with van der Waals surface area (Å²) in [5, 5.41) is 0. The van der Waals surface area contributed by atoms with Crippen molar-refractivity contribution in [3.63, 3.8) is 0 Å². The Morgan fingerprint density at radius 1 is 1.36 bits per heavy atom. The fraction of sp³-hybridized carbons (Fsp3) is 0.556. The van der Waals surface area contributed by atoms with Crippen molar-refractivity contribution in [2.75, 3.05) is 0 Å². The topological polar surface area (TPSA) is 22.4 Å².